The van der Waals surface area contributed by atoms with Gasteiger partial charge in [0, 0.05) is 10.0 Å². The van der Waals surface area contributed by atoms with E-state index in [0.717, 1.165) is 4.47 Å². The van der Waals surface area contributed by atoms with Gasteiger partial charge in [-0.2, -0.15) is 0 Å². The van der Waals surface area contributed by atoms with Crippen LogP contribution in [0.15, 0.2) is 28.7 Å². The number of amides is 2. The van der Waals surface area contributed by atoms with Crippen molar-refractivity contribution in [2.75, 3.05) is 0 Å². The summed E-state index contributed by atoms with van der Waals surface area (Å²) in [6, 6.07) is 4.90. The zero-order valence-corrected chi connectivity index (χ0v) is 14.2. The first kappa shape index (κ1) is 18.2. The minimum atomic E-state index is -1.13. The molecule has 1 unspecified atom stereocenters. The number of nitrogens with one attached hydrogen (secondary N) is 2. The molecule has 3 N–H and O–H groups in total. The van der Waals surface area contributed by atoms with Gasteiger partial charge in [-0.1, -0.05) is 29.8 Å². The summed E-state index contributed by atoms with van der Waals surface area (Å²) < 4.78 is 0.845. The first-order valence-electron chi connectivity index (χ1n) is 6.82. The molecule has 0 fully saturated rings. The lowest BCUT2D eigenvalue weighted by Crippen LogP contribution is -2.53. The molecule has 0 aliphatic heterocycles. The van der Waals surface area contributed by atoms with Crippen molar-refractivity contribution in [3.63, 3.8) is 0 Å². The molecule has 120 valence electrons. The van der Waals surface area contributed by atoms with E-state index in [1.807, 2.05) is 0 Å². The summed E-state index contributed by atoms with van der Waals surface area (Å²) >= 11 is 3.28. The van der Waals surface area contributed by atoms with Crippen molar-refractivity contribution in [2.24, 2.45) is 5.92 Å². The Morgan fingerprint density at radius 3 is 2.05 bits per heavy atom. The SMILES string of the molecule is CC(C)C(NC(=O)c1ccc(Br)cc1)C(=O)N[C@@H](C)C(=O)O. The number of carboxylic acids is 1. The third-order valence-electron chi connectivity index (χ3n) is 3.07. The van der Waals surface area contributed by atoms with Gasteiger partial charge in [-0.05, 0) is 37.1 Å². The molecule has 7 heteroatoms. The number of rotatable bonds is 6. The van der Waals surface area contributed by atoms with Gasteiger partial charge in [-0.15, -0.1) is 0 Å². The fourth-order valence-corrected chi connectivity index (χ4v) is 1.99. The normalized spacial score (nSPS) is 13.3. The molecule has 0 saturated carbocycles. The lowest BCUT2D eigenvalue weighted by molar-refractivity contribution is -0.141. The number of hydrogen-bond donors (Lipinski definition) is 3. The van der Waals surface area contributed by atoms with Gasteiger partial charge in [0.1, 0.15) is 12.1 Å². The Morgan fingerprint density at radius 2 is 1.59 bits per heavy atom. The highest BCUT2D eigenvalue weighted by atomic mass is 79.9. The van der Waals surface area contributed by atoms with Crippen molar-refractivity contribution in [2.45, 2.75) is 32.9 Å². The van der Waals surface area contributed by atoms with E-state index < -0.39 is 24.0 Å². The zero-order chi connectivity index (χ0) is 16.9. The third kappa shape index (κ3) is 5.14. The summed E-state index contributed by atoms with van der Waals surface area (Å²) in [7, 11) is 0. The Kier molecular flexibility index (Phi) is 6.55. The minimum Gasteiger partial charge on any atom is -0.480 e. The van der Waals surface area contributed by atoms with Crippen molar-refractivity contribution in [3.8, 4) is 0 Å². The topological polar surface area (TPSA) is 95.5 Å². The lowest BCUT2D eigenvalue weighted by Gasteiger charge is -2.23. The fourth-order valence-electron chi connectivity index (χ4n) is 1.73. The largest absolute Gasteiger partial charge is 0.480 e. The highest BCUT2D eigenvalue weighted by Gasteiger charge is 2.27. The fraction of sp³-hybridized carbons (Fsp3) is 0.400. The Morgan fingerprint density at radius 1 is 1.05 bits per heavy atom. The summed E-state index contributed by atoms with van der Waals surface area (Å²) in [5.41, 5.74) is 0.424. The molecule has 0 saturated heterocycles. The van der Waals surface area contributed by atoms with Crippen LogP contribution in [0.4, 0.5) is 0 Å². The highest BCUT2D eigenvalue weighted by Crippen LogP contribution is 2.11. The van der Waals surface area contributed by atoms with Crippen LogP contribution in [0.2, 0.25) is 0 Å². The minimum absolute atomic E-state index is 0.180. The van der Waals surface area contributed by atoms with E-state index >= 15 is 0 Å². The molecule has 0 heterocycles. The van der Waals surface area contributed by atoms with Gasteiger partial charge in [0.2, 0.25) is 5.91 Å². The molecule has 1 aromatic carbocycles. The molecule has 2 atom stereocenters. The summed E-state index contributed by atoms with van der Waals surface area (Å²) in [4.78, 5) is 35.1. The molecule has 6 nitrogen and oxygen atoms in total. The van der Waals surface area contributed by atoms with E-state index in [0.29, 0.717) is 5.56 Å². The van der Waals surface area contributed by atoms with Crippen molar-refractivity contribution in [1.82, 2.24) is 10.6 Å². The number of halogens is 1. The first-order valence-corrected chi connectivity index (χ1v) is 7.61. The second kappa shape index (κ2) is 7.93. The van der Waals surface area contributed by atoms with E-state index in [2.05, 4.69) is 26.6 Å². The van der Waals surface area contributed by atoms with Gasteiger partial charge >= 0.3 is 5.97 Å². The second-order valence-corrected chi connectivity index (χ2v) is 6.19. The van der Waals surface area contributed by atoms with Crippen LogP contribution in [0.1, 0.15) is 31.1 Å². The summed E-state index contributed by atoms with van der Waals surface area (Å²) in [5.74, 6) is -2.21. The van der Waals surface area contributed by atoms with E-state index in [-0.39, 0.29) is 11.8 Å². The Balaban J connectivity index is 2.79. The molecule has 1 rings (SSSR count). The quantitative estimate of drug-likeness (QED) is 0.711. The van der Waals surface area contributed by atoms with Gasteiger partial charge < -0.3 is 15.7 Å². The van der Waals surface area contributed by atoms with Gasteiger partial charge in [-0.3, -0.25) is 14.4 Å². The van der Waals surface area contributed by atoms with E-state index in [4.69, 9.17) is 5.11 Å². The van der Waals surface area contributed by atoms with Crippen molar-refractivity contribution in [1.29, 1.82) is 0 Å². The molecule has 0 aliphatic rings. The van der Waals surface area contributed by atoms with Crippen LogP contribution in [-0.4, -0.2) is 35.0 Å². The van der Waals surface area contributed by atoms with Crippen LogP contribution >= 0.6 is 15.9 Å². The molecule has 0 spiro atoms. The maximum absolute atomic E-state index is 12.2. The average molecular weight is 371 g/mol. The van der Waals surface area contributed by atoms with Crippen molar-refractivity contribution >= 4 is 33.7 Å². The standard InChI is InChI=1S/C15H19BrN2O4/c1-8(2)12(14(20)17-9(3)15(21)22)18-13(19)10-4-6-11(16)7-5-10/h4-9,12H,1-3H3,(H,17,20)(H,18,19)(H,21,22)/t9-,12?/m0/s1. The number of aliphatic carboxylic acids is 1. The maximum Gasteiger partial charge on any atom is 0.325 e. The van der Waals surface area contributed by atoms with E-state index in [9.17, 15) is 14.4 Å². The van der Waals surface area contributed by atoms with E-state index in [1.165, 1.54) is 6.92 Å². The number of carbonyl (C=O) groups is 3. The Bertz CT molecular complexity index is 557. The number of carboxylic acid groups (broad SMARTS) is 1. The van der Waals surface area contributed by atoms with E-state index in [1.54, 1.807) is 38.1 Å². The third-order valence-corrected chi connectivity index (χ3v) is 3.60. The van der Waals surface area contributed by atoms with Gasteiger partial charge in [-0.25, -0.2) is 0 Å². The van der Waals surface area contributed by atoms with Crippen LogP contribution in [0.25, 0.3) is 0 Å². The molecule has 0 radical (unpaired) electrons. The summed E-state index contributed by atoms with van der Waals surface area (Å²) in [5, 5.41) is 13.8. The molecule has 0 aromatic heterocycles. The zero-order valence-electron chi connectivity index (χ0n) is 12.6. The monoisotopic (exact) mass is 370 g/mol. The predicted octanol–water partition coefficient (Wildman–Crippen LogP) is 1.79. The molecule has 0 bridgehead atoms. The smallest absolute Gasteiger partial charge is 0.325 e. The van der Waals surface area contributed by atoms with Crippen molar-refractivity contribution < 1.29 is 19.5 Å². The van der Waals surface area contributed by atoms with Crippen LogP contribution < -0.4 is 10.6 Å². The van der Waals surface area contributed by atoms with Crippen LogP contribution in [-0.2, 0) is 9.59 Å². The lowest BCUT2D eigenvalue weighted by atomic mass is 10.0. The van der Waals surface area contributed by atoms with Crippen LogP contribution in [0.3, 0.4) is 0 Å². The van der Waals surface area contributed by atoms with Gasteiger partial charge in [0.05, 0.1) is 0 Å². The molecule has 0 aliphatic carbocycles. The molecule has 2 amide bonds. The number of benzene rings is 1. The molecule has 1 aromatic rings. The van der Waals surface area contributed by atoms with Gasteiger partial charge in [0.15, 0.2) is 0 Å². The van der Waals surface area contributed by atoms with Gasteiger partial charge in [0.25, 0.3) is 5.91 Å². The number of hydrogen-bond acceptors (Lipinski definition) is 3. The molecular weight excluding hydrogens is 352 g/mol. The average Bonchev–Trinajstić information content (AvgIpc) is 2.44. The van der Waals surface area contributed by atoms with Crippen molar-refractivity contribution in [3.05, 3.63) is 34.3 Å². The molecule has 22 heavy (non-hydrogen) atoms. The molecular formula is C15H19BrN2O4. The Hall–Kier alpha value is -1.89. The van der Waals surface area contributed by atoms with Crippen LogP contribution in [0.5, 0.6) is 0 Å². The summed E-state index contributed by atoms with van der Waals surface area (Å²) in [6.07, 6.45) is 0. The predicted molar refractivity (Wildman–Crippen MR) is 85.5 cm³/mol. The number of carbonyl (C=O) groups excluding carboxylic acids is 2. The van der Waals surface area contributed by atoms with Crippen LogP contribution in [0, 0.1) is 5.92 Å². The maximum atomic E-state index is 12.2. The Labute approximate surface area is 137 Å². The summed E-state index contributed by atoms with van der Waals surface area (Å²) in [6.45, 7) is 4.92. The highest BCUT2D eigenvalue weighted by molar-refractivity contribution is 9.10. The first-order chi connectivity index (χ1) is 10.2. The second-order valence-electron chi connectivity index (χ2n) is 5.27.